The Morgan fingerprint density at radius 1 is 0.647 bits per heavy atom. The highest BCUT2D eigenvalue weighted by Crippen LogP contribution is 2.70. The quantitative estimate of drug-likeness (QED) is 0.164. The van der Waals surface area contributed by atoms with Crippen LogP contribution in [0.4, 0.5) is 0 Å². The maximum absolute atomic E-state index is 7.54. The zero-order valence-corrected chi connectivity index (χ0v) is 42.5. The van der Waals surface area contributed by atoms with Crippen LogP contribution in [0.1, 0.15) is 86.0 Å². The first-order valence-electron chi connectivity index (χ1n) is 21.2. The molecule has 4 fully saturated rings. The van der Waals surface area contributed by atoms with Gasteiger partial charge in [-0.05, 0) is 210 Å². The first-order valence-corrected chi connectivity index (χ1v) is 38.2. The van der Waals surface area contributed by atoms with Crippen LogP contribution in [0.5, 0.6) is 0 Å². The molecule has 12 atom stereocenters. The van der Waals surface area contributed by atoms with Crippen LogP contribution in [-0.2, 0) is 22.1 Å². The van der Waals surface area contributed by atoms with Crippen LogP contribution in [0.3, 0.4) is 0 Å². The summed E-state index contributed by atoms with van der Waals surface area (Å²) in [6.07, 6.45) is 10.9. The predicted molar refractivity (Wildman–Crippen MR) is 231 cm³/mol. The maximum atomic E-state index is 7.54. The molecule has 5 nitrogen and oxygen atoms in total. The zero-order valence-electron chi connectivity index (χ0n) is 37.5. The van der Waals surface area contributed by atoms with Gasteiger partial charge in [0.05, 0.1) is 17.8 Å². The average Bonchev–Trinajstić information content (AvgIpc) is 3.23. The van der Waals surface area contributed by atoms with Crippen LogP contribution in [-0.4, -0.2) is 71.6 Å². The lowest BCUT2D eigenvalue weighted by atomic mass is 9.43. The molecule has 4 rings (SSSR count). The minimum atomic E-state index is -1.83. The Kier molecular flexibility index (Phi) is 13.1. The largest absolute Gasteiger partial charge is 0.415 e. The van der Waals surface area contributed by atoms with Gasteiger partial charge in [0.2, 0.25) is 0 Å². The van der Waals surface area contributed by atoms with Crippen molar-refractivity contribution in [2.45, 2.75) is 214 Å². The average molecular weight is 800 g/mol. The predicted octanol–water partition coefficient (Wildman–Crippen LogP) is 12.4. The smallest absolute Gasteiger partial charge is 0.184 e. The number of rotatable bonds is 14. The highest BCUT2D eigenvalue weighted by atomic mass is 28.4. The first-order chi connectivity index (χ1) is 22.7. The van der Waals surface area contributed by atoms with Gasteiger partial charge in [-0.25, -0.2) is 0 Å². The molecular weight excluding hydrogens is 713 g/mol. The van der Waals surface area contributed by atoms with Crippen molar-refractivity contribution in [3.05, 3.63) is 0 Å². The van der Waals surface area contributed by atoms with E-state index in [-0.39, 0.29) is 17.1 Å². The molecule has 0 radical (unpaired) electrons. The third-order valence-corrected chi connectivity index (χ3v) is 18.6. The molecule has 51 heavy (non-hydrogen) atoms. The Bertz CT molecular complexity index is 1180. The summed E-state index contributed by atoms with van der Waals surface area (Å²) in [5.74, 6) is 3.66. The van der Waals surface area contributed by atoms with Gasteiger partial charge in [-0.2, -0.15) is 0 Å². The summed E-state index contributed by atoms with van der Waals surface area (Å²) in [5.41, 5.74) is 0.131. The van der Waals surface area contributed by atoms with Gasteiger partial charge < -0.3 is 22.1 Å². The second-order valence-corrected chi connectivity index (χ2v) is 46.1. The number of fused-ring (bicyclic) bond motifs is 5. The highest BCUT2D eigenvalue weighted by Gasteiger charge is 2.67. The lowest BCUT2D eigenvalue weighted by Gasteiger charge is -2.66. The Hall–Kier alpha value is 0.884. The van der Waals surface area contributed by atoms with E-state index >= 15 is 0 Å². The zero-order chi connectivity index (χ0) is 39.0. The van der Waals surface area contributed by atoms with Crippen molar-refractivity contribution in [1.82, 2.24) is 0 Å². The lowest BCUT2D eigenvalue weighted by Crippen LogP contribution is -2.65. The van der Waals surface area contributed by atoms with Crippen LogP contribution in [0, 0.1) is 46.3 Å². The van der Waals surface area contributed by atoms with E-state index in [0.717, 1.165) is 6.42 Å². The third kappa shape index (κ3) is 10.8. The van der Waals surface area contributed by atoms with Crippen molar-refractivity contribution >= 4 is 41.6 Å². The normalized spacial score (nSPS) is 38.1. The number of hydrogen-bond acceptors (Lipinski definition) is 5. The Labute approximate surface area is 322 Å². The molecule has 0 N–H and O–H groups in total. The van der Waals surface area contributed by atoms with Gasteiger partial charge in [0.25, 0.3) is 0 Å². The van der Waals surface area contributed by atoms with Crippen LogP contribution >= 0.6 is 0 Å². The fraction of sp³-hybridized carbons (Fsp3) is 1.00. The Morgan fingerprint density at radius 2 is 1.22 bits per heavy atom. The van der Waals surface area contributed by atoms with Gasteiger partial charge in [0, 0.05) is 12.2 Å². The van der Waals surface area contributed by atoms with Crippen molar-refractivity contribution in [3.8, 4) is 0 Å². The van der Waals surface area contributed by atoms with E-state index in [1.165, 1.54) is 44.9 Å². The fourth-order valence-electron chi connectivity index (χ4n) is 12.1. The van der Waals surface area contributed by atoms with Crippen molar-refractivity contribution in [1.29, 1.82) is 0 Å². The van der Waals surface area contributed by atoms with Gasteiger partial charge in [-0.3, -0.25) is 0 Å². The SMILES string of the molecule is CC(C[C@H](O[Si](C)(C)C)C(C)(C)O[Si](C)(C)C)C1CCC2C3C(C[C@H](O[Si](C)(C)C)C12C)C1(C)CC[C@@H](O[Si](C)(C)C)C[C@H]1C[C@H]3O[Si](C)(C)C. The molecule has 0 aromatic heterocycles. The summed E-state index contributed by atoms with van der Waals surface area (Å²) in [4.78, 5) is 0. The molecule has 300 valence electrons. The summed E-state index contributed by atoms with van der Waals surface area (Å²) < 4.78 is 35.9. The summed E-state index contributed by atoms with van der Waals surface area (Å²) >= 11 is 0. The summed E-state index contributed by atoms with van der Waals surface area (Å²) in [5, 5.41) is 0. The molecule has 0 saturated heterocycles. The minimum absolute atomic E-state index is 0.0899. The van der Waals surface area contributed by atoms with Crippen molar-refractivity contribution in [3.63, 3.8) is 0 Å². The molecule has 10 heteroatoms. The molecule has 7 unspecified atom stereocenters. The molecule has 4 aliphatic carbocycles. The van der Waals surface area contributed by atoms with Crippen molar-refractivity contribution in [2.24, 2.45) is 46.3 Å². The van der Waals surface area contributed by atoms with Gasteiger partial charge in [0.15, 0.2) is 41.6 Å². The molecule has 0 bridgehead atoms. The molecule has 0 heterocycles. The molecule has 4 aliphatic rings. The van der Waals surface area contributed by atoms with E-state index in [1.54, 1.807) is 0 Å². The third-order valence-electron chi connectivity index (χ3n) is 13.4. The second kappa shape index (κ2) is 15.0. The van der Waals surface area contributed by atoms with Crippen LogP contribution in [0.25, 0.3) is 0 Å². The van der Waals surface area contributed by atoms with E-state index < -0.39 is 41.6 Å². The highest BCUT2D eigenvalue weighted by molar-refractivity contribution is 6.71. The molecular formula is C41H86O5Si5. The van der Waals surface area contributed by atoms with E-state index in [4.69, 9.17) is 22.1 Å². The van der Waals surface area contributed by atoms with E-state index in [1.807, 2.05) is 0 Å². The number of hydrogen-bond donors (Lipinski definition) is 0. The van der Waals surface area contributed by atoms with Gasteiger partial charge >= 0.3 is 0 Å². The van der Waals surface area contributed by atoms with Crippen LogP contribution < -0.4 is 0 Å². The molecule has 0 aromatic carbocycles. The van der Waals surface area contributed by atoms with Crippen LogP contribution in [0.2, 0.25) is 98.2 Å². The molecule has 0 aromatic rings. The summed E-state index contributed by atoms with van der Waals surface area (Å²) in [6.45, 7) is 48.3. The van der Waals surface area contributed by atoms with E-state index in [9.17, 15) is 0 Å². The van der Waals surface area contributed by atoms with Gasteiger partial charge in [-0.1, -0.05) is 20.8 Å². The second-order valence-electron chi connectivity index (χ2n) is 23.9. The summed E-state index contributed by atoms with van der Waals surface area (Å²) in [6, 6.07) is 0. The first kappa shape index (κ1) is 44.6. The van der Waals surface area contributed by atoms with Crippen LogP contribution in [0.15, 0.2) is 0 Å². The van der Waals surface area contributed by atoms with Crippen molar-refractivity contribution in [2.75, 3.05) is 0 Å². The molecule has 0 aliphatic heterocycles. The monoisotopic (exact) mass is 799 g/mol. The molecule has 4 saturated carbocycles. The Balaban J connectivity index is 1.75. The summed E-state index contributed by atoms with van der Waals surface area (Å²) in [7, 11) is -8.79. The fourth-order valence-corrected chi connectivity index (χ4v) is 18.6. The molecule has 0 spiro atoms. The molecule has 0 amide bonds. The lowest BCUT2D eigenvalue weighted by molar-refractivity contribution is -0.200. The van der Waals surface area contributed by atoms with Crippen molar-refractivity contribution < 1.29 is 22.1 Å². The van der Waals surface area contributed by atoms with Gasteiger partial charge in [-0.15, -0.1) is 0 Å². The maximum Gasteiger partial charge on any atom is 0.184 e. The van der Waals surface area contributed by atoms with E-state index in [2.05, 4.69) is 133 Å². The topological polar surface area (TPSA) is 46.2 Å². The van der Waals surface area contributed by atoms with E-state index in [0.29, 0.717) is 59.2 Å². The van der Waals surface area contributed by atoms with Gasteiger partial charge in [0.1, 0.15) is 0 Å². The Morgan fingerprint density at radius 3 is 1.73 bits per heavy atom. The minimum Gasteiger partial charge on any atom is -0.415 e. The standard InChI is InChI=1S/C41H86O5Si5/c1-29(25-36(44-49(12,13)14)39(2,3)46-51(18,19)20)32-21-22-33-38-34(28-37(41(32,33)5)45-50(15,16)17)40(4)24-23-31(42-47(6,7)8)26-30(40)27-35(38)43-48(9,10)11/h29-38H,21-28H2,1-20H3/t29?,30-,31+,32?,33?,34?,35+,36-,37-,38?,40?,41?/m0/s1.